The maximum atomic E-state index is 12.4. The van der Waals surface area contributed by atoms with Gasteiger partial charge in [0.25, 0.3) is 0 Å². The van der Waals surface area contributed by atoms with Gasteiger partial charge in [0.15, 0.2) is 11.5 Å². The summed E-state index contributed by atoms with van der Waals surface area (Å²) in [4.78, 5) is 16.4. The average Bonchev–Trinajstić information content (AvgIpc) is 2.77. The summed E-state index contributed by atoms with van der Waals surface area (Å²) in [6.07, 6.45) is 7.37. The fourth-order valence-electron chi connectivity index (χ4n) is 3.62. The number of carbonyl (C=O) groups excluding carboxylic acids is 1. The monoisotopic (exact) mass is 469 g/mol. The number of piperidine rings is 1. The van der Waals surface area contributed by atoms with Crippen LogP contribution in [0.15, 0.2) is 42.7 Å². The van der Waals surface area contributed by atoms with Crippen LogP contribution in [0.25, 0.3) is 0 Å². The van der Waals surface area contributed by atoms with E-state index in [1.165, 1.54) is 12.8 Å². The Balaban J connectivity index is 0.00000240. The van der Waals surface area contributed by atoms with Crippen molar-refractivity contribution in [3.8, 4) is 11.5 Å². The van der Waals surface area contributed by atoms with Gasteiger partial charge in [-0.05, 0) is 80.6 Å². The zero-order valence-corrected chi connectivity index (χ0v) is 19.8. The van der Waals surface area contributed by atoms with Crippen LogP contribution in [0.2, 0.25) is 0 Å². The van der Waals surface area contributed by atoms with Crippen molar-refractivity contribution in [3.63, 3.8) is 0 Å². The molecule has 31 heavy (non-hydrogen) atoms. The molecule has 1 atom stereocenters. The quantitative estimate of drug-likeness (QED) is 0.566. The molecule has 0 aliphatic carbocycles. The zero-order valence-electron chi connectivity index (χ0n) is 18.1. The van der Waals surface area contributed by atoms with Crippen molar-refractivity contribution in [2.75, 3.05) is 20.2 Å². The number of nitrogens with zero attached hydrogens (tertiary/aromatic N) is 1. The molecule has 2 N–H and O–H groups in total. The molecule has 2 aromatic rings. The molecular formula is C23H33Cl2N3O3. The van der Waals surface area contributed by atoms with Crippen molar-refractivity contribution in [1.29, 1.82) is 0 Å². The lowest BCUT2D eigenvalue weighted by Gasteiger charge is -2.22. The molecule has 8 heteroatoms. The predicted octanol–water partition coefficient (Wildman–Crippen LogP) is 4.47. The highest BCUT2D eigenvalue weighted by molar-refractivity contribution is 5.85. The first-order chi connectivity index (χ1) is 14.2. The van der Waals surface area contributed by atoms with Crippen molar-refractivity contribution in [2.24, 2.45) is 5.92 Å². The van der Waals surface area contributed by atoms with Gasteiger partial charge in [0.1, 0.15) is 6.61 Å². The molecule has 1 aromatic carbocycles. The number of hydrogen-bond donors (Lipinski definition) is 2. The summed E-state index contributed by atoms with van der Waals surface area (Å²) in [7, 11) is 1.63. The van der Waals surface area contributed by atoms with E-state index in [1.54, 1.807) is 19.5 Å². The zero-order chi connectivity index (χ0) is 20.5. The summed E-state index contributed by atoms with van der Waals surface area (Å²) < 4.78 is 11.4. The lowest BCUT2D eigenvalue weighted by Crippen LogP contribution is -2.30. The van der Waals surface area contributed by atoms with Gasteiger partial charge in [-0.1, -0.05) is 6.07 Å². The fraction of sp³-hybridized carbons (Fsp3) is 0.478. The second-order valence-corrected chi connectivity index (χ2v) is 7.58. The Hall–Kier alpha value is -2.02. The molecule has 3 rings (SSSR count). The minimum atomic E-state index is -0.0846. The van der Waals surface area contributed by atoms with E-state index in [4.69, 9.17) is 9.47 Å². The van der Waals surface area contributed by atoms with E-state index in [9.17, 15) is 4.79 Å². The van der Waals surface area contributed by atoms with E-state index < -0.39 is 0 Å². The highest BCUT2D eigenvalue weighted by Gasteiger charge is 2.17. The van der Waals surface area contributed by atoms with Crippen LogP contribution >= 0.6 is 24.8 Å². The van der Waals surface area contributed by atoms with Gasteiger partial charge in [-0.15, -0.1) is 24.8 Å². The molecule has 1 aliphatic rings. The van der Waals surface area contributed by atoms with Crippen molar-refractivity contribution in [3.05, 3.63) is 53.9 Å². The molecule has 1 aliphatic heterocycles. The summed E-state index contributed by atoms with van der Waals surface area (Å²) in [5, 5.41) is 6.47. The van der Waals surface area contributed by atoms with Crippen LogP contribution in [-0.2, 0) is 11.4 Å². The molecule has 1 saturated heterocycles. The van der Waals surface area contributed by atoms with E-state index in [0.29, 0.717) is 30.4 Å². The normalized spacial score (nSPS) is 14.5. The largest absolute Gasteiger partial charge is 0.493 e. The highest BCUT2D eigenvalue weighted by atomic mass is 35.5. The van der Waals surface area contributed by atoms with E-state index in [0.717, 1.165) is 30.6 Å². The Labute approximate surface area is 197 Å². The molecule has 0 spiro atoms. The third kappa shape index (κ3) is 8.56. The second-order valence-electron chi connectivity index (χ2n) is 7.58. The maximum absolute atomic E-state index is 12.4. The minimum absolute atomic E-state index is 0. The maximum Gasteiger partial charge on any atom is 0.220 e. The van der Waals surface area contributed by atoms with E-state index in [1.807, 2.05) is 37.3 Å². The number of ether oxygens (including phenoxy) is 2. The Kier molecular flexibility index (Phi) is 12.3. The van der Waals surface area contributed by atoms with Crippen LogP contribution in [0, 0.1) is 5.92 Å². The predicted molar refractivity (Wildman–Crippen MR) is 127 cm³/mol. The van der Waals surface area contributed by atoms with Gasteiger partial charge < -0.3 is 20.1 Å². The van der Waals surface area contributed by atoms with Gasteiger partial charge in [-0.25, -0.2) is 0 Å². The van der Waals surface area contributed by atoms with Crippen LogP contribution < -0.4 is 20.1 Å². The van der Waals surface area contributed by atoms with Gasteiger partial charge >= 0.3 is 0 Å². The molecule has 0 radical (unpaired) electrons. The first-order valence-corrected chi connectivity index (χ1v) is 10.4. The molecule has 1 unspecified atom stereocenters. The number of carbonyl (C=O) groups is 1. The minimum Gasteiger partial charge on any atom is -0.493 e. The first-order valence-electron chi connectivity index (χ1n) is 10.4. The van der Waals surface area contributed by atoms with Crippen molar-refractivity contribution in [1.82, 2.24) is 15.6 Å². The second kappa shape index (κ2) is 14.1. The number of aromatic nitrogens is 1. The average molecular weight is 470 g/mol. The van der Waals surface area contributed by atoms with Gasteiger partial charge in [-0.2, -0.15) is 0 Å². The molecule has 0 bridgehead atoms. The van der Waals surface area contributed by atoms with Crippen LogP contribution in [-0.4, -0.2) is 31.1 Å². The van der Waals surface area contributed by atoms with Crippen LogP contribution in [0.4, 0.5) is 0 Å². The van der Waals surface area contributed by atoms with Crippen LogP contribution in [0.5, 0.6) is 11.5 Å². The lowest BCUT2D eigenvalue weighted by atomic mass is 9.93. The number of benzene rings is 1. The van der Waals surface area contributed by atoms with Crippen molar-refractivity contribution in [2.45, 2.75) is 45.3 Å². The topological polar surface area (TPSA) is 72.5 Å². The number of halogens is 2. The first kappa shape index (κ1) is 27.0. The third-order valence-electron chi connectivity index (χ3n) is 5.45. The van der Waals surface area contributed by atoms with Gasteiger partial charge in [0.05, 0.1) is 13.2 Å². The molecular weight excluding hydrogens is 437 g/mol. The number of amides is 1. The molecule has 1 fully saturated rings. The molecule has 6 nitrogen and oxygen atoms in total. The summed E-state index contributed by atoms with van der Waals surface area (Å²) in [6, 6.07) is 9.55. The standard InChI is InChI=1S/C23H31N3O3.2ClH/c1-17(26-23(27)6-3-18-7-11-24-12-8-18)20-4-5-21(22(15-20)28-2)29-16-19-9-13-25-14-10-19;;/h4-5,9-10,13-15,17-18,24H,3,6-8,11-12,16H2,1-2H3,(H,26,27);2*1H. The van der Waals surface area contributed by atoms with Crippen molar-refractivity contribution >= 4 is 30.7 Å². The third-order valence-corrected chi connectivity index (χ3v) is 5.45. The molecule has 1 amide bonds. The molecule has 1 aromatic heterocycles. The smallest absolute Gasteiger partial charge is 0.220 e. The Bertz CT molecular complexity index is 787. The number of pyridine rings is 1. The van der Waals surface area contributed by atoms with E-state index in [2.05, 4.69) is 15.6 Å². The van der Waals surface area contributed by atoms with Gasteiger partial charge in [0.2, 0.25) is 5.91 Å². The number of hydrogen-bond acceptors (Lipinski definition) is 5. The highest BCUT2D eigenvalue weighted by Crippen LogP contribution is 2.31. The van der Waals surface area contributed by atoms with Crippen LogP contribution in [0.1, 0.15) is 49.8 Å². The molecule has 172 valence electrons. The van der Waals surface area contributed by atoms with E-state index in [-0.39, 0.29) is 36.8 Å². The summed E-state index contributed by atoms with van der Waals surface area (Å²) >= 11 is 0. The van der Waals surface area contributed by atoms with E-state index >= 15 is 0 Å². The number of methoxy groups -OCH3 is 1. The van der Waals surface area contributed by atoms with Crippen LogP contribution in [0.3, 0.4) is 0 Å². The fourth-order valence-corrected chi connectivity index (χ4v) is 3.62. The molecule has 0 saturated carbocycles. The number of nitrogens with one attached hydrogen (secondary N) is 2. The Morgan fingerprint density at radius 1 is 1.16 bits per heavy atom. The Morgan fingerprint density at radius 3 is 2.55 bits per heavy atom. The van der Waals surface area contributed by atoms with Gasteiger partial charge in [0, 0.05) is 18.8 Å². The molecule has 2 heterocycles. The summed E-state index contributed by atoms with van der Waals surface area (Å²) in [6.45, 7) is 4.58. The number of rotatable bonds is 9. The van der Waals surface area contributed by atoms with Crippen molar-refractivity contribution < 1.29 is 14.3 Å². The summed E-state index contributed by atoms with van der Waals surface area (Å²) in [5.74, 6) is 2.10. The van der Waals surface area contributed by atoms with Gasteiger partial charge in [-0.3, -0.25) is 9.78 Å². The SMILES string of the molecule is COc1cc(C(C)NC(=O)CCC2CCNCC2)ccc1OCc1ccncc1.Cl.Cl. The Morgan fingerprint density at radius 2 is 1.87 bits per heavy atom. The lowest BCUT2D eigenvalue weighted by molar-refractivity contribution is -0.122. The summed E-state index contributed by atoms with van der Waals surface area (Å²) in [5.41, 5.74) is 2.04.